The highest BCUT2D eigenvalue weighted by Gasteiger charge is 2.00. The Kier molecular flexibility index (Phi) is 1.89. The van der Waals surface area contributed by atoms with Gasteiger partial charge < -0.3 is 4.98 Å². The zero-order valence-corrected chi connectivity index (χ0v) is 6.83. The normalized spacial score (nSPS) is 9.90. The number of nitrogens with one attached hydrogen (secondary N) is 1. The molecule has 1 N–H and O–H groups in total. The first-order valence-electron chi connectivity index (χ1n) is 2.66. The summed E-state index contributed by atoms with van der Waals surface area (Å²) in [4.78, 5) is 13.1. The lowest BCUT2D eigenvalue weighted by Gasteiger charge is -1.94. The van der Waals surface area contributed by atoms with Gasteiger partial charge in [0.15, 0.2) is 0 Å². The second-order valence-electron chi connectivity index (χ2n) is 1.92. The molecular formula is C6H5BrFNO. The van der Waals surface area contributed by atoms with E-state index in [-0.39, 0.29) is 15.7 Å². The van der Waals surface area contributed by atoms with Crippen LogP contribution in [0.15, 0.2) is 15.3 Å². The van der Waals surface area contributed by atoms with E-state index in [1.54, 1.807) is 0 Å². The van der Waals surface area contributed by atoms with Gasteiger partial charge in [-0.2, -0.15) is 0 Å². The fourth-order valence-electron chi connectivity index (χ4n) is 0.575. The maximum atomic E-state index is 12.6. The number of aromatic amines is 1. The molecule has 1 aromatic rings. The molecular weight excluding hydrogens is 201 g/mol. The van der Waals surface area contributed by atoms with Gasteiger partial charge in [-0.15, -0.1) is 0 Å². The van der Waals surface area contributed by atoms with Crippen molar-refractivity contribution in [3.8, 4) is 0 Å². The lowest BCUT2D eigenvalue weighted by molar-refractivity contribution is 0.607. The number of hydrogen-bond donors (Lipinski definition) is 1. The molecule has 0 aliphatic rings. The number of H-pyrrole nitrogens is 1. The van der Waals surface area contributed by atoms with Gasteiger partial charge in [0.1, 0.15) is 5.82 Å². The van der Waals surface area contributed by atoms with E-state index >= 15 is 0 Å². The minimum absolute atomic E-state index is 0.218. The third kappa shape index (κ3) is 1.26. The fraction of sp³-hybridized carbons (Fsp3) is 0.167. The highest BCUT2D eigenvalue weighted by Crippen LogP contribution is 2.06. The largest absolute Gasteiger partial charge is 0.323 e. The Balaban J connectivity index is 3.43. The Bertz CT molecular complexity index is 307. The van der Waals surface area contributed by atoms with E-state index in [9.17, 15) is 9.18 Å². The first-order chi connectivity index (χ1) is 4.61. The highest BCUT2D eigenvalue weighted by molar-refractivity contribution is 9.10. The van der Waals surface area contributed by atoms with Crippen molar-refractivity contribution in [2.24, 2.45) is 0 Å². The van der Waals surface area contributed by atoms with Gasteiger partial charge in [-0.25, -0.2) is 4.39 Å². The van der Waals surface area contributed by atoms with Crippen LogP contribution in [0.25, 0.3) is 0 Å². The van der Waals surface area contributed by atoms with Crippen LogP contribution in [0.2, 0.25) is 0 Å². The van der Waals surface area contributed by atoms with Crippen molar-refractivity contribution < 1.29 is 4.39 Å². The first-order valence-corrected chi connectivity index (χ1v) is 3.45. The standard InChI is InChI=1S/C6H5BrFNO/c1-3-5(8)2-4(7)6(10)9-3/h2H,1H3,(H,9,10). The third-order valence-corrected chi connectivity index (χ3v) is 1.72. The maximum Gasteiger partial charge on any atom is 0.262 e. The van der Waals surface area contributed by atoms with E-state index in [4.69, 9.17) is 0 Å². The summed E-state index contributed by atoms with van der Waals surface area (Å²) in [6.45, 7) is 1.50. The molecule has 4 heteroatoms. The number of pyridine rings is 1. The Labute approximate surface area is 65.2 Å². The average Bonchev–Trinajstić information content (AvgIpc) is 1.84. The lowest BCUT2D eigenvalue weighted by atomic mass is 10.4. The third-order valence-electron chi connectivity index (χ3n) is 1.13. The molecule has 0 aliphatic heterocycles. The van der Waals surface area contributed by atoms with E-state index in [1.165, 1.54) is 6.92 Å². The topological polar surface area (TPSA) is 32.9 Å². The SMILES string of the molecule is Cc1[nH]c(=O)c(Br)cc1F. The molecule has 0 fully saturated rings. The Morgan fingerprint density at radius 3 is 2.80 bits per heavy atom. The summed E-state index contributed by atoms with van der Waals surface area (Å²) in [5.41, 5.74) is -0.0490. The van der Waals surface area contributed by atoms with Crippen molar-refractivity contribution in [1.82, 2.24) is 4.98 Å². The molecule has 54 valence electrons. The van der Waals surface area contributed by atoms with Gasteiger partial charge in [-0.1, -0.05) is 0 Å². The Hall–Kier alpha value is -0.640. The lowest BCUT2D eigenvalue weighted by Crippen LogP contribution is -2.09. The number of rotatable bonds is 0. The molecule has 2 nitrogen and oxygen atoms in total. The molecule has 1 heterocycles. The summed E-state index contributed by atoms with van der Waals surface area (Å²) < 4.78 is 12.8. The average molecular weight is 206 g/mol. The minimum Gasteiger partial charge on any atom is -0.323 e. The van der Waals surface area contributed by atoms with E-state index in [0.717, 1.165) is 6.07 Å². The summed E-state index contributed by atoms with van der Waals surface area (Å²) in [7, 11) is 0. The molecule has 0 radical (unpaired) electrons. The summed E-state index contributed by atoms with van der Waals surface area (Å²) in [6, 6.07) is 1.15. The summed E-state index contributed by atoms with van der Waals surface area (Å²) in [6.07, 6.45) is 0. The molecule has 1 aromatic heterocycles. The molecule has 0 saturated heterocycles. The molecule has 0 aliphatic carbocycles. The molecule has 1 rings (SSSR count). The first kappa shape index (κ1) is 7.47. The molecule has 0 unspecified atom stereocenters. The van der Waals surface area contributed by atoms with E-state index in [1.807, 2.05) is 0 Å². The van der Waals surface area contributed by atoms with E-state index in [0.29, 0.717) is 0 Å². The van der Waals surface area contributed by atoms with Crippen LogP contribution in [0.5, 0.6) is 0 Å². The molecule has 0 saturated carbocycles. The number of halogens is 2. The maximum absolute atomic E-state index is 12.6. The van der Waals surface area contributed by atoms with Crippen molar-refractivity contribution in [2.75, 3.05) is 0 Å². The van der Waals surface area contributed by atoms with Crippen LogP contribution in [0.4, 0.5) is 4.39 Å². The number of hydrogen-bond acceptors (Lipinski definition) is 1. The predicted molar refractivity (Wildman–Crippen MR) is 39.5 cm³/mol. The number of aromatic nitrogens is 1. The Morgan fingerprint density at radius 1 is 1.70 bits per heavy atom. The zero-order valence-electron chi connectivity index (χ0n) is 5.24. The molecule has 0 atom stereocenters. The molecule has 10 heavy (non-hydrogen) atoms. The van der Waals surface area contributed by atoms with Crippen LogP contribution in [0.3, 0.4) is 0 Å². The van der Waals surface area contributed by atoms with Crippen molar-refractivity contribution in [2.45, 2.75) is 6.92 Å². The molecule has 0 spiro atoms. The monoisotopic (exact) mass is 205 g/mol. The van der Waals surface area contributed by atoms with Crippen molar-refractivity contribution >= 4 is 15.9 Å². The quantitative estimate of drug-likeness (QED) is 0.686. The molecule has 0 amide bonds. The van der Waals surface area contributed by atoms with Crippen LogP contribution in [-0.2, 0) is 0 Å². The fourth-order valence-corrected chi connectivity index (χ4v) is 0.875. The summed E-state index contributed by atoms with van der Waals surface area (Å²) in [5.74, 6) is -0.411. The zero-order chi connectivity index (χ0) is 7.72. The minimum atomic E-state index is -0.411. The van der Waals surface area contributed by atoms with Gasteiger partial charge >= 0.3 is 0 Å². The number of aryl methyl sites for hydroxylation is 1. The van der Waals surface area contributed by atoms with Crippen LogP contribution in [-0.4, -0.2) is 4.98 Å². The van der Waals surface area contributed by atoms with Crippen LogP contribution < -0.4 is 5.56 Å². The van der Waals surface area contributed by atoms with E-state index < -0.39 is 5.82 Å². The predicted octanol–water partition coefficient (Wildman–Crippen LogP) is 1.58. The molecule has 0 aromatic carbocycles. The van der Waals surface area contributed by atoms with Crippen molar-refractivity contribution in [1.29, 1.82) is 0 Å². The van der Waals surface area contributed by atoms with Gasteiger partial charge in [0.25, 0.3) is 5.56 Å². The van der Waals surface area contributed by atoms with Crippen molar-refractivity contribution in [3.63, 3.8) is 0 Å². The summed E-state index contributed by atoms with van der Waals surface area (Å²) in [5, 5.41) is 0. The van der Waals surface area contributed by atoms with Gasteiger partial charge in [0.05, 0.1) is 10.2 Å². The Morgan fingerprint density at radius 2 is 2.30 bits per heavy atom. The van der Waals surface area contributed by atoms with Gasteiger partial charge in [-0.3, -0.25) is 4.79 Å². The smallest absolute Gasteiger partial charge is 0.262 e. The van der Waals surface area contributed by atoms with Crippen LogP contribution in [0, 0.1) is 12.7 Å². The summed E-state index contributed by atoms with van der Waals surface area (Å²) >= 11 is 2.90. The van der Waals surface area contributed by atoms with Gasteiger partial charge in [0, 0.05) is 0 Å². The van der Waals surface area contributed by atoms with Crippen LogP contribution >= 0.6 is 15.9 Å². The van der Waals surface area contributed by atoms with Crippen LogP contribution in [0.1, 0.15) is 5.69 Å². The second kappa shape index (κ2) is 2.54. The van der Waals surface area contributed by atoms with Gasteiger partial charge in [-0.05, 0) is 28.9 Å². The second-order valence-corrected chi connectivity index (χ2v) is 2.77. The highest BCUT2D eigenvalue weighted by atomic mass is 79.9. The van der Waals surface area contributed by atoms with Crippen molar-refractivity contribution in [3.05, 3.63) is 32.4 Å². The van der Waals surface area contributed by atoms with E-state index in [2.05, 4.69) is 20.9 Å². The van der Waals surface area contributed by atoms with Gasteiger partial charge in [0.2, 0.25) is 0 Å². The molecule has 0 bridgehead atoms.